The fourth-order valence-corrected chi connectivity index (χ4v) is 3.09. The second-order valence-electron chi connectivity index (χ2n) is 5.92. The van der Waals surface area contributed by atoms with Crippen LogP contribution in [0, 0.1) is 0 Å². The molecule has 0 aromatic heterocycles. The zero-order valence-corrected chi connectivity index (χ0v) is 14.3. The Morgan fingerprint density at radius 3 is 2.05 bits per heavy atom. The molecule has 0 amide bonds. The maximum Gasteiger partial charge on any atom is 0.0436 e. The Balaban J connectivity index is 2.83. The van der Waals surface area contributed by atoms with Crippen LogP contribution in [0.15, 0.2) is 24.3 Å². The molecule has 0 radical (unpaired) electrons. The van der Waals surface area contributed by atoms with Crippen LogP contribution >= 0.6 is 0 Å². The van der Waals surface area contributed by atoms with Crippen LogP contribution in [-0.4, -0.2) is 21.8 Å². The van der Waals surface area contributed by atoms with E-state index < -0.39 is 10.8 Å². The van der Waals surface area contributed by atoms with E-state index in [0.29, 0.717) is 11.7 Å². The summed E-state index contributed by atoms with van der Waals surface area (Å²) in [5, 5.41) is 3.75. The van der Waals surface area contributed by atoms with Crippen molar-refractivity contribution in [3.05, 3.63) is 35.4 Å². The Hall–Kier alpha value is -0.670. The third kappa shape index (κ3) is 5.37. The largest absolute Gasteiger partial charge is 0.309 e. The van der Waals surface area contributed by atoms with Gasteiger partial charge in [0.05, 0.1) is 0 Å². The summed E-state index contributed by atoms with van der Waals surface area (Å²) in [5.74, 6) is 1.24. The third-order valence-electron chi connectivity index (χ3n) is 3.50. The van der Waals surface area contributed by atoms with Crippen molar-refractivity contribution in [2.24, 2.45) is 0 Å². The van der Waals surface area contributed by atoms with Gasteiger partial charge in [-0.25, -0.2) is 0 Å². The molecule has 1 N–H and O–H groups in total. The predicted molar refractivity (Wildman–Crippen MR) is 89.7 cm³/mol. The minimum absolute atomic E-state index is 0.194. The summed E-state index contributed by atoms with van der Waals surface area (Å²) < 4.78 is 12.1. The van der Waals surface area contributed by atoms with E-state index >= 15 is 0 Å². The van der Waals surface area contributed by atoms with Crippen LogP contribution in [0.1, 0.15) is 64.1 Å². The molecule has 20 heavy (non-hydrogen) atoms. The fourth-order valence-electron chi connectivity index (χ4n) is 2.06. The summed E-state index contributed by atoms with van der Waals surface area (Å²) in [6.07, 6.45) is 1.09. The van der Waals surface area contributed by atoms with Gasteiger partial charge in [0.1, 0.15) is 0 Å². The summed E-state index contributed by atoms with van der Waals surface area (Å²) in [7, 11) is -0.782. The molecule has 0 aliphatic rings. The van der Waals surface area contributed by atoms with Crippen LogP contribution in [0.3, 0.4) is 0 Å². The maximum absolute atomic E-state index is 12.1. The van der Waals surface area contributed by atoms with Crippen LogP contribution < -0.4 is 5.32 Å². The van der Waals surface area contributed by atoms with Gasteiger partial charge in [0, 0.05) is 27.8 Å². The lowest BCUT2D eigenvalue weighted by Gasteiger charge is -2.20. The van der Waals surface area contributed by atoms with Gasteiger partial charge in [0.2, 0.25) is 0 Å². The molecule has 1 aromatic rings. The monoisotopic (exact) mass is 295 g/mol. The molecule has 0 spiro atoms. The highest BCUT2D eigenvalue weighted by molar-refractivity contribution is 7.85. The van der Waals surface area contributed by atoms with Gasteiger partial charge in [0.15, 0.2) is 0 Å². The van der Waals surface area contributed by atoms with Crippen LogP contribution in [0.2, 0.25) is 0 Å². The zero-order chi connectivity index (χ0) is 15.1. The highest BCUT2D eigenvalue weighted by atomic mass is 32.2. The van der Waals surface area contributed by atoms with E-state index in [0.717, 1.165) is 13.0 Å². The van der Waals surface area contributed by atoms with E-state index in [1.807, 2.05) is 13.8 Å². The van der Waals surface area contributed by atoms with Crippen molar-refractivity contribution in [2.45, 2.75) is 58.2 Å². The number of rotatable bonds is 8. The van der Waals surface area contributed by atoms with Gasteiger partial charge in [-0.15, -0.1) is 0 Å². The average molecular weight is 295 g/mol. The van der Waals surface area contributed by atoms with Gasteiger partial charge in [-0.3, -0.25) is 4.21 Å². The Kier molecular flexibility index (Phi) is 7.46. The fraction of sp³-hybridized carbons (Fsp3) is 0.647. The van der Waals surface area contributed by atoms with Crippen molar-refractivity contribution < 1.29 is 4.21 Å². The second-order valence-corrected chi connectivity index (χ2v) is 7.96. The molecule has 0 saturated heterocycles. The number of benzene rings is 1. The Morgan fingerprint density at radius 1 is 1.05 bits per heavy atom. The van der Waals surface area contributed by atoms with Gasteiger partial charge in [-0.1, -0.05) is 58.9 Å². The van der Waals surface area contributed by atoms with Crippen LogP contribution in [0.25, 0.3) is 0 Å². The smallest absolute Gasteiger partial charge is 0.0436 e. The molecule has 0 aliphatic heterocycles. The van der Waals surface area contributed by atoms with E-state index in [1.54, 1.807) is 0 Å². The molecule has 3 heteroatoms. The molecule has 1 aromatic carbocycles. The standard InChI is InChI=1S/C17H29NOS/c1-6-11-18-17(12-20(19)14(4)5)16-9-7-15(8-10-16)13(2)3/h7-10,13-14,17-18H,6,11-12H2,1-5H3. The number of hydrogen-bond acceptors (Lipinski definition) is 2. The molecule has 0 aliphatic carbocycles. The molecule has 0 fully saturated rings. The molecule has 2 nitrogen and oxygen atoms in total. The van der Waals surface area contributed by atoms with Crippen molar-refractivity contribution in [1.82, 2.24) is 5.32 Å². The molecular weight excluding hydrogens is 266 g/mol. The third-order valence-corrected chi connectivity index (χ3v) is 5.22. The first kappa shape index (κ1) is 17.4. The highest BCUT2D eigenvalue weighted by Crippen LogP contribution is 2.20. The first-order valence-electron chi connectivity index (χ1n) is 7.66. The molecule has 0 saturated carbocycles. The lowest BCUT2D eigenvalue weighted by molar-refractivity contribution is 0.568. The summed E-state index contributed by atoms with van der Waals surface area (Å²) in [4.78, 5) is 0. The van der Waals surface area contributed by atoms with Crippen LogP contribution in [0.5, 0.6) is 0 Å². The minimum atomic E-state index is -0.782. The molecule has 1 rings (SSSR count). The maximum atomic E-state index is 12.1. The van der Waals surface area contributed by atoms with Gasteiger partial charge in [-0.05, 0) is 30.0 Å². The number of nitrogens with one attached hydrogen (secondary N) is 1. The predicted octanol–water partition coefficient (Wildman–Crippen LogP) is 4.01. The SMILES string of the molecule is CCCNC(CS(=O)C(C)C)c1ccc(C(C)C)cc1. The topological polar surface area (TPSA) is 29.1 Å². The molecular formula is C17H29NOS. The van der Waals surface area contributed by atoms with Gasteiger partial charge < -0.3 is 5.32 Å². The van der Waals surface area contributed by atoms with E-state index in [4.69, 9.17) is 0 Å². The van der Waals surface area contributed by atoms with Crippen molar-refractivity contribution in [3.8, 4) is 0 Å². The Labute approximate surface area is 126 Å². The van der Waals surface area contributed by atoms with Gasteiger partial charge >= 0.3 is 0 Å². The molecule has 2 atom stereocenters. The summed E-state index contributed by atoms with van der Waals surface area (Å²) in [5.41, 5.74) is 2.60. The molecule has 2 unspecified atom stereocenters. The lowest BCUT2D eigenvalue weighted by Crippen LogP contribution is -2.29. The van der Waals surface area contributed by atoms with E-state index in [9.17, 15) is 4.21 Å². The van der Waals surface area contributed by atoms with Gasteiger partial charge in [0.25, 0.3) is 0 Å². The molecule has 114 valence electrons. The quantitative estimate of drug-likeness (QED) is 0.785. The van der Waals surface area contributed by atoms with Crippen molar-refractivity contribution in [3.63, 3.8) is 0 Å². The highest BCUT2D eigenvalue weighted by Gasteiger charge is 2.16. The second kappa shape index (κ2) is 8.58. The van der Waals surface area contributed by atoms with E-state index in [2.05, 4.69) is 50.4 Å². The summed E-state index contributed by atoms with van der Waals surface area (Å²) in [6, 6.07) is 8.94. The Bertz CT molecular complexity index is 412. The normalized spacial score (nSPS) is 14.8. The van der Waals surface area contributed by atoms with E-state index in [1.165, 1.54) is 11.1 Å². The van der Waals surface area contributed by atoms with E-state index in [-0.39, 0.29) is 11.3 Å². The number of hydrogen-bond donors (Lipinski definition) is 1. The summed E-state index contributed by atoms with van der Waals surface area (Å²) >= 11 is 0. The Morgan fingerprint density at radius 2 is 1.60 bits per heavy atom. The average Bonchev–Trinajstić information content (AvgIpc) is 2.43. The van der Waals surface area contributed by atoms with Crippen molar-refractivity contribution in [2.75, 3.05) is 12.3 Å². The first-order valence-corrected chi connectivity index (χ1v) is 9.04. The summed E-state index contributed by atoms with van der Waals surface area (Å²) in [6.45, 7) is 11.6. The minimum Gasteiger partial charge on any atom is -0.309 e. The first-order chi connectivity index (χ1) is 9.45. The lowest BCUT2D eigenvalue weighted by atomic mass is 9.99. The zero-order valence-electron chi connectivity index (χ0n) is 13.5. The van der Waals surface area contributed by atoms with Crippen molar-refractivity contribution >= 4 is 10.8 Å². The van der Waals surface area contributed by atoms with Gasteiger partial charge in [-0.2, -0.15) is 0 Å². The molecule has 0 heterocycles. The van der Waals surface area contributed by atoms with Crippen molar-refractivity contribution in [1.29, 1.82) is 0 Å². The van der Waals surface area contributed by atoms with Crippen LogP contribution in [0.4, 0.5) is 0 Å². The molecule has 0 bridgehead atoms. The van der Waals surface area contributed by atoms with Crippen LogP contribution in [-0.2, 0) is 10.8 Å².